The first kappa shape index (κ1) is 32.9. The van der Waals surface area contributed by atoms with Gasteiger partial charge >= 0.3 is 24.1 Å². The van der Waals surface area contributed by atoms with Gasteiger partial charge in [-0.1, -0.05) is 19.4 Å². The second kappa shape index (κ2) is 14.1. The minimum atomic E-state index is -1.05. The Bertz CT molecular complexity index is 976. The third-order valence-corrected chi connectivity index (χ3v) is 5.15. The third-order valence-electron chi connectivity index (χ3n) is 5.15. The van der Waals surface area contributed by atoms with Crippen LogP contribution >= 0.6 is 0 Å². The fourth-order valence-corrected chi connectivity index (χ4v) is 2.85. The lowest BCUT2D eigenvalue weighted by molar-refractivity contribution is -0.148. The zero-order valence-electron chi connectivity index (χ0n) is 24.0. The number of benzene rings is 1. The Hall–Kier alpha value is -3.14. The van der Waals surface area contributed by atoms with Crippen molar-refractivity contribution in [3.63, 3.8) is 0 Å². The summed E-state index contributed by atoms with van der Waals surface area (Å²) < 4.78 is 26.4. The normalized spacial score (nSPS) is 14.1. The molecule has 2 N–H and O–H groups in total. The highest BCUT2D eigenvalue weighted by atomic mass is 16.7. The van der Waals surface area contributed by atoms with E-state index in [0.29, 0.717) is 12.0 Å². The van der Waals surface area contributed by atoms with E-state index < -0.39 is 47.0 Å². The monoisotopic (exact) mass is 537 g/mol. The number of rotatable bonds is 11. The molecular weight excluding hydrogens is 494 g/mol. The van der Waals surface area contributed by atoms with Gasteiger partial charge in [0.2, 0.25) is 0 Å². The van der Waals surface area contributed by atoms with Crippen molar-refractivity contribution in [2.75, 3.05) is 6.61 Å². The lowest BCUT2D eigenvalue weighted by Crippen LogP contribution is -2.36. The van der Waals surface area contributed by atoms with Crippen molar-refractivity contribution >= 4 is 24.1 Å². The molecule has 10 nitrogen and oxygen atoms in total. The van der Waals surface area contributed by atoms with E-state index in [2.05, 4.69) is 0 Å². The third kappa shape index (κ3) is 11.5. The van der Waals surface area contributed by atoms with Crippen molar-refractivity contribution in [3.05, 3.63) is 23.8 Å². The summed E-state index contributed by atoms with van der Waals surface area (Å²) in [4.78, 5) is 49.2. The summed E-state index contributed by atoms with van der Waals surface area (Å²) >= 11 is 0. The number of ether oxygens (including phenoxy) is 5. The van der Waals surface area contributed by atoms with Crippen molar-refractivity contribution in [1.29, 1.82) is 0 Å². The minimum absolute atomic E-state index is 0.0402. The van der Waals surface area contributed by atoms with Crippen LogP contribution in [0.25, 0.3) is 0 Å². The summed E-state index contributed by atoms with van der Waals surface area (Å²) in [5.74, 6) is -1.61. The Balaban J connectivity index is 2.86. The number of carbonyl (C=O) groups is 4. The van der Waals surface area contributed by atoms with Crippen molar-refractivity contribution in [2.45, 2.75) is 99.8 Å². The molecule has 0 bridgehead atoms. The molecule has 0 aliphatic heterocycles. The Morgan fingerprint density at radius 1 is 0.842 bits per heavy atom. The molecule has 0 saturated carbocycles. The van der Waals surface area contributed by atoms with Crippen LogP contribution in [-0.2, 0) is 35.0 Å². The van der Waals surface area contributed by atoms with Gasteiger partial charge < -0.3 is 29.4 Å². The van der Waals surface area contributed by atoms with E-state index in [9.17, 15) is 19.2 Å². The first-order chi connectivity index (χ1) is 17.4. The number of esters is 3. The molecule has 1 rings (SSSR count). The Labute approximate surface area is 225 Å². The van der Waals surface area contributed by atoms with Gasteiger partial charge in [-0.05, 0) is 85.9 Å². The Kier molecular flexibility index (Phi) is 12.2. The van der Waals surface area contributed by atoms with Gasteiger partial charge in [0, 0.05) is 0 Å². The average Bonchev–Trinajstić information content (AvgIpc) is 2.77. The SMILES string of the molecule is CCCC(C)OC(=O)O[C@@H](C)COC(=O)[C@@H](N)Cc1ccc(OC(=O)C(C)(C)C)c(OC(=O)C(C)(C)C)c1. The van der Waals surface area contributed by atoms with Crippen LogP contribution in [0.4, 0.5) is 4.79 Å². The maximum absolute atomic E-state index is 12.5. The summed E-state index contributed by atoms with van der Waals surface area (Å²) in [7, 11) is 0. The van der Waals surface area contributed by atoms with E-state index in [0.717, 1.165) is 6.42 Å². The molecule has 3 atom stereocenters. The molecule has 1 aromatic carbocycles. The molecule has 1 aromatic rings. The van der Waals surface area contributed by atoms with Crippen molar-refractivity contribution in [2.24, 2.45) is 16.6 Å². The van der Waals surface area contributed by atoms with E-state index in [1.54, 1.807) is 61.5 Å². The second-order valence-electron chi connectivity index (χ2n) is 11.4. The quantitative estimate of drug-likeness (QED) is 0.311. The van der Waals surface area contributed by atoms with E-state index in [1.807, 2.05) is 6.92 Å². The summed E-state index contributed by atoms with van der Waals surface area (Å²) in [6.45, 7) is 15.3. The molecule has 0 aromatic heterocycles. The zero-order chi connectivity index (χ0) is 29.3. The highest BCUT2D eigenvalue weighted by molar-refractivity contribution is 5.81. The molecule has 0 spiro atoms. The van der Waals surface area contributed by atoms with Crippen LogP contribution in [0.2, 0.25) is 0 Å². The van der Waals surface area contributed by atoms with E-state index in [-0.39, 0.29) is 30.6 Å². The summed E-state index contributed by atoms with van der Waals surface area (Å²) in [5.41, 5.74) is 5.01. The van der Waals surface area contributed by atoms with Crippen molar-refractivity contribution in [3.8, 4) is 11.5 Å². The van der Waals surface area contributed by atoms with Crippen molar-refractivity contribution in [1.82, 2.24) is 0 Å². The largest absolute Gasteiger partial charge is 0.508 e. The summed E-state index contributed by atoms with van der Waals surface area (Å²) in [6.07, 6.45) is -0.198. The fraction of sp³-hybridized carbons (Fsp3) is 0.643. The molecule has 1 unspecified atom stereocenters. The Morgan fingerprint density at radius 3 is 1.89 bits per heavy atom. The highest BCUT2D eigenvalue weighted by Crippen LogP contribution is 2.33. The fourth-order valence-electron chi connectivity index (χ4n) is 2.85. The number of hydrogen-bond acceptors (Lipinski definition) is 10. The van der Waals surface area contributed by atoms with Crippen LogP contribution in [0.1, 0.15) is 80.7 Å². The predicted octanol–water partition coefficient (Wildman–Crippen LogP) is 4.73. The predicted molar refractivity (Wildman–Crippen MR) is 141 cm³/mol. The van der Waals surface area contributed by atoms with Gasteiger partial charge in [-0.3, -0.25) is 14.4 Å². The molecule has 0 radical (unpaired) electrons. The lowest BCUT2D eigenvalue weighted by atomic mass is 9.97. The molecule has 0 amide bonds. The maximum Gasteiger partial charge on any atom is 0.508 e. The van der Waals surface area contributed by atoms with E-state index in [4.69, 9.17) is 29.4 Å². The first-order valence-electron chi connectivity index (χ1n) is 12.8. The van der Waals surface area contributed by atoms with E-state index in [1.165, 1.54) is 12.1 Å². The molecule has 0 heterocycles. The lowest BCUT2D eigenvalue weighted by Gasteiger charge is -2.21. The number of nitrogens with two attached hydrogens (primary N) is 1. The molecule has 0 saturated heterocycles. The van der Waals surface area contributed by atoms with Gasteiger partial charge in [0.05, 0.1) is 10.8 Å². The zero-order valence-corrected chi connectivity index (χ0v) is 24.0. The summed E-state index contributed by atoms with van der Waals surface area (Å²) in [6, 6.07) is 3.56. The first-order valence-corrected chi connectivity index (χ1v) is 12.8. The maximum atomic E-state index is 12.5. The molecule has 214 valence electrons. The van der Waals surface area contributed by atoms with Crippen LogP contribution in [0.5, 0.6) is 11.5 Å². The van der Waals surface area contributed by atoms with Gasteiger partial charge in [0.15, 0.2) is 11.5 Å². The van der Waals surface area contributed by atoms with Crippen LogP contribution in [-0.4, -0.2) is 48.9 Å². The molecule has 0 fully saturated rings. The van der Waals surface area contributed by atoms with Gasteiger partial charge in [0.1, 0.15) is 24.9 Å². The average molecular weight is 538 g/mol. The smallest absolute Gasteiger partial charge is 0.461 e. The standard InChI is InChI=1S/C28H43NO9/c1-10-11-17(2)35-26(33)36-18(3)16-34-23(30)20(29)14-19-12-13-21(37-24(31)27(4,5)6)22(15-19)38-25(32)28(7,8)9/h12-13,15,17-18,20H,10-11,14,16,29H2,1-9H3/t17?,18-,20-/m0/s1. The van der Waals surface area contributed by atoms with Crippen LogP contribution in [0.15, 0.2) is 18.2 Å². The topological polar surface area (TPSA) is 140 Å². The summed E-state index contributed by atoms with van der Waals surface area (Å²) in [5, 5.41) is 0. The Morgan fingerprint density at radius 2 is 1.37 bits per heavy atom. The molecule has 0 aliphatic rings. The highest BCUT2D eigenvalue weighted by Gasteiger charge is 2.29. The second-order valence-corrected chi connectivity index (χ2v) is 11.4. The molecule has 0 aliphatic carbocycles. The van der Waals surface area contributed by atoms with Gasteiger partial charge in [0.25, 0.3) is 0 Å². The number of carbonyl (C=O) groups excluding carboxylic acids is 4. The minimum Gasteiger partial charge on any atom is -0.461 e. The van der Waals surface area contributed by atoms with Crippen LogP contribution in [0, 0.1) is 10.8 Å². The van der Waals surface area contributed by atoms with Gasteiger partial charge in [-0.15, -0.1) is 0 Å². The molecule has 10 heteroatoms. The molecule has 38 heavy (non-hydrogen) atoms. The van der Waals surface area contributed by atoms with Crippen LogP contribution < -0.4 is 15.2 Å². The van der Waals surface area contributed by atoms with Crippen molar-refractivity contribution < 1.29 is 42.9 Å². The van der Waals surface area contributed by atoms with Gasteiger partial charge in [-0.2, -0.15) is 0 Å². The van der Waals surface area contributed by atoms with E-state index >= 15 is 0 Å². The number of hydrogen-bond donors (Lipinski definition) is 1. The molecular formula is C28H43NO9. The van der Waals surface area contributed by atoms with Gasteiger partial charge in [-0.25, -0.2) is 4.79 Å². The van der Waals surface area contributed by atoms with Crippen LogP contribution in [0.3, 0.4) is 0 Å².